The molecule has 102 valence electrons. The van der Waals surface area contributed by atoms with Crippen molar-refractivity contribution in [2.45, 2.75) is 39.2 Å². The van der Waals surface area contributed by atoms with Crippen molar-refractivity contribution in [3.05, 3.63) is 24.3 Å². The van der Waals surface area contributed by atoms with E-state index in [1.807, 2.05) is 38.1 Å². The second-order valence-electron chi connectivity index (χ2n) is 6.10. The topological polar surface area (TPSA) is 38.3 Å². The van der Waals surface area contributed by atoms with Gasteiger partial charge >= 0.3 is 0 Å². The predicted octanol–water partition coefficient (Wildman–Crippen LogP) is 3.46. The van der Waals surface area contributed by atoms with Crippen LogP contribution < -0.4 is 10.1 Å². The van der Waals surface area contributed by atoms with Crippen molar-refractivity contribution in [1.29, 1.82) is 0 Å². The highest BCUT2D eigenvalue weighted by atomic mass is 16.5. The first kappa shape index (κ1) is 12.5. The van der Waals surface area contributed by atoms with Crippen molar-refractivity contribution in [3.63, 3.8) is 0 Å². The van der Waals surface area contributed by atoms with Gasteiger partial charge in [0.05, 0.1) is 6.10 Å². The molecule has 2 aliphatic carbocycles. The fourth-order valence-corrected chi connectivity index (χ4v) is 3.06. The van der Waals surface area contributed by atoms with E-state index in [9.17, 15) is 4.79 Å². The van der Waals surface area contributed by atoms with Crippen molar-refractivity contribution in [3.8, 4) is 5.75 Å². The number of nitrogens with one attached hydrogen (secondary N) is 1. The maximum absolute atomic E-state index is 12.1. The van der Waals surface area contributed by atoms with Crippen LogP contribution in [-0.4, -0.2) is 12.0 Å². The summed E-state index contributed by atoms with van der Waals surface area (Å²) in [5, 5.41) is 3.01. The van der Waals surface area contributed by atoms with Crippen LogP contribution in [-0.2, 0) is 4.79 Å². The van der Waals surface area contributed by atoms with E-state index >= 15 is 0 Å². The van der Waals surface area contributed by atoms with Gasteiger partial charge in [0.15, 0.2) is 0 Å². The van der Waals surface area contributed by atoms with E-state index in [0.29, 0.717) is 0 Å². The summed E-state index contributed by atoms with van der Waals surface area (Å²) in [7, 11) is 0. The summed E-state index contributed by atoms with van der Waals surface area (Å²) in [4.78, 5) is 12.1. The van der Waals surface area contributed by atoms with Crippen LogP contribution in [0.3, 0.4) is 0 Å². The molecule has 0 spiro atoms. The molecule has 0 saturated heterocycles. The molecule has 2 aliphatic rings. The van der Waals surface area contributed by atoms with Gasteiger partial charge in [-0.2, -0.15) is 0 Å². The highest BCUT2D eigenvalue weighted by Crippen LogP contribution is 2.54. The smallest absolute Gasteiger partial charge is 0.227 e. The monoisotopic (exact) mass is 259 g/mol. The SMILES string of the molecule is CC(C)Oc1ccc(NC(=O)C2CC3CC3C2)cc1. The largest absolute Gasteiger partial charge is 0.491 e. The molecule has 0 aliphatic heterocycles. The summed E-state index contributed by atoms with van der Waals surface area (Å²) in [6, 6.07) is 7.63. The van der Waals surface area contributed by atoms with Crippen LogP contribution >= 0.6 is 0 Å². The molecule has 0 bridgehead atoms. The van der Waals surface area contributed by atoms with Crippen molar-refractivity contribution in [1.82, 2.24) is 0 Å². The van der Waals surface area contributed by atoms with Gasteiger partial charge in [-0.15, -0.1) is 0 Å². The summed E-state index contributed by atoms with van der Waals surface area (Å²) >= 11 is 0. The molecule has 3 nitrogen and oxygen atoms in total. The first-order chi connectivity index (χ1) is 9.11. The van der Waals surface area contributed by atoms with Gasteiger partial charge in [-0.05, 0) is 69.2 Å². The number of benzene rings is 1. The molecular weight excluding hydrogens is 238 g/mol. The minimum absolute atomic E-state index is 0.172. The van der Waals surface area contributed by atoms with E-state index in [1.165, 1.54) is 6.42 Å². The Hall–Kier alpha value is -1.51. The van der Waals surface area contributed by atoms with Crippen molar-refractivity contribution < 1.29 is 9.53 Å². The Bertz CT molecular complexity index is 456. The van der Waals surface area contributed by atoms with E-state index in [4.69, 9.17) is 4.74 Å². The lowest BCUT2D eigenvalue weighted by Crippen LogP contribution is -2.21. The number of hydrogen-bond acceptors (Lipinski definition) is 2. The zero-order valence-corrected chi connectivity index (χ0v) is 11.6. The average Bonchev–Trinajstić information content (AvgIpc) is 2.98. The molecular formula is C16H21NO2. The van der Waals surface area contributed by atoms with Crippen molar-refractivity contribution in [2.24, 2.45) is 17.8 Å². The summed E-state index contributed by atoms with van der Waals surface area (Å²) < 4.78 is 5.58. The predicted molar refractivity (Wildman–Crippen MR) is 75.2 cm³/mol. The standard InChI is InChI=1S/C16H21NO2/c1-10(2)19-15-5-3-14(4-6-15)17-16(18)13-8-11-7-12(11)9-13/h3-6,10-13H,7-9H2,1-2H3,(H,17,18). The Labute approximate surface area is 114 Å². The molecule has 2 atom stereocenters. The quantitative estimate of drug-likeness (QED) is 0.899. The molecule has 0 heterocycles. The van der Waals surface area contributed by atoms with Gasteiger partial charge in [-0.25, -0.2) is 0 Å². The van der Waals surface area contributed by atoms with Crippen LogP contribution in [0.4, 0.5) is 5.69 Å². The van der Waals surface area contributed by atoms with Gasteiger partial charge in [-0.1, -0.05) is 0 Å². The number of rotatable bonds is 4. The van der Waals surface area contributed by atoms with Gasteiger partial charge < -0.3 is 10.1 Å². The lowest BCUT2D eigenvalue weighted by atomic mass is 10.0. The number of carbonyl (C=O) groups is 1. The van der Waals surface area contributed by atoms with E-state index in [2.05, 4.69) is 5.32 Å². The van der Waals surface area contributed by atoms with E-state index in [0.717, 1.165) is 36.1 Å². The lowest BCUT2D eigenvalue weighted by molar-refractivity contribution is -0.120. The zero-order valence-electron chi connectivity index (χ0n) is 11.6. The summed E-state index contributed by atoms with van der Waals surface area (Å²) in [6.07, 6.45) is 3.70. The van der Waals surface area contributed by atoms with Crippen LogP contribution in [0.2, 0.25) is 0 Å². The first-order valence-electron chi connectivity index (χ1n) is 7.19. The first-order valence-corrected chi connectivity index (χ1v) is 7.19. The van der Waals surface area contributed by atoms with Gasteiger partial charge in [0, 0.05) is 11.6 Å². The maximum Gasteiger partial charge on any atom is 0.227 e. The normalized spacial score (nSPS) is 28.1. The van der Waals surface area contributed by atoms with E-state index in [-0.39, 0.29) is 17.9 Å². The Kier molecular flexibility index (Phi) is 3.21. The maximum atomic E-state index is 12.1. The summed E-state index contributed by atoms with van der Waals surface area (Å²) in [5.41, 5.74) is 0.863. The number of anilines is 1. The summed E-state index contributed by atoms with van der Waals surface area (Å²) in [6.45, 7) is 4.00. The van der Waals surface area contributed by atoms with Gasteiger partial charge in [0.2, 0.25) is 5.91 Å². The van der Waals surface area contributed by atoms with Crippen molar-refractivity contribution >= 4 is 11.6 Å². The molecule has 2 saturated carbocycles. The molecule has 1 aromatic rings. The lowest BCUT2D eigenvalue weighted by Gasteiger charge is -2.13. The third kappa shape index (κ3) is 2.91. The number of fused-ring (bicyclic) bond motifs is 1. The highest BCUT2D eigenvalue weighted by Gasteiger charge is 2.47. The zero-order chi connectivity index (χ0) is 13.4. The van der Waals surface area contributed by atoms with E-state index in [1.54, 1.807) is 0 Å². The van der Waals surface area contributed by atoms with Gasteiger partial charge in [0.25, 0.3) is 0 Å². The molecule has 0 radical (unpaired) electrons. The Morgan fingerprint density at radius 2 is 1.79 bits per heavy atom. The second-order valence-corrected chi connectivity index (χ2v) is 6.10. The fourth-order valence-electron chi connectivity index (χ4n) is 3.06. The van der Waals surface area contributed by atoms with Gasteiger partial charge in [0.1, 0.15) is 5.75 Å². The molecule has 1 aromatic carbocycles. The molecule has 1 N–H and O–H groups in total. The summed E-state index contributed by atoms with van der Waals surface area (Å²) in [5.74, 6) is 2.95. The molecule has 19 heavy (non-hydrogen) atoms. The van der Waals surface area contributed by atoms with Crippen LogP contribution in [0.1, 0.15) is 33.1 Å². The molecule has 1 amide bonds. The van der Waals surface area contributed by atoms with Crippen LogP contribution in [0.25, 0.3) is 0 Å². The number of hydrogen-bond donors (Lipinski definition) is 1. The van der Waals surface area contributed by atoms with Crippen LogP contribution in [0, 0.1) is 17.8 Å². The number of amides is 1. The minimum atomic E-state index is 0.172. The number of carbonyl (C=O) groups excluding carboxylic acids is 1. The molecule has 3 rings (SSSR count). The molecule has 2 unspecified atom stereocenters. The molecule has 0 aromatic heterocycles. The second kappa shape index (κ2) is 4.87. The molecule has 2 fully saturated rings. The Morgan fingerprint density at radius 1 is 1.16 bits per heavy atom. The van der Waals surface area contributed by atoms with Crippen molar-refractivity contribution in [2.75, 3.05) is 5.32 Å². The van der Waals surface area contributed by atoms with Crippen LogP contribution in [0.15, 0.2) is 24.3 Å². The fraction of sp³-hybridized carbons (Fsp3) is 0.562. The third-order valence-corrected chi connectivity index (χ3v) is 4.11. The Morgan fingerprint density at radius 3 is 2.37 bits per heavy atom. The van der Waals surface area contributed by atoms with E-state index < -0.39 is 0 Å². The Balaban J connectivity index is 1.55. The average molecular weight is 259 g/mol. The molecule has 3 heteroatoms. The third-order valence-electron chi connectivity index (χ3n) is 4.11. The number of ether oxygens (including phenoxy) is 1. The highest BCUT2D eigenvalue weighted by molar-refractivity contribution is 5.92. The van der Waals surface area contributed by atoms with Crippen LogP contribution in [0.5, 0.6) is 5.75 Å². The van der Waals surface area contributed by atoms with Gasteiger partial charge in [-0.3, -0.25) is 4.79 Å². The minimum Gasteiger partial charge on any atom is -0.491 e.